The van der Waals surface area contributed by atoms with Crippen molar-refractivity contribution in [2.24, 2.45) is 5.92 Å². The molecule has 2 aromatic carbocycles. The molecule has 6 heteroatoms. The van der Waals surface area contributed by atoms with Crippen molar-refractivity contribution < 1.29 is 24.2 Å². The van der Waals surface area contributed by atoms with E-state index in [1.165, 1.54) is 16.0 Å². The lowest BCUT2D eigenvalue weighted by Crippen LogP contribution is -2.48. The standard InChI is InChI=1S/C23H25NO5/c1-23(14-28-2)11-15(21(25)26)12-24(23)22(27)29-13-20-18-9-5-3-7-16(18)17-8-4-6-10-19(17)20/h3-10,15,20H,11-14H2,1-2H3,(H,25,26). The molecule has 1 aliphatic carbocycles. The summed E-state index contributed by atoms with van der Waals surface area (Å²) in [5, 5.41) is 9.41. The number of fused-ring (bicyclic) bond motifs is 3. The third-order valence-electron chi connectivity index (χ3n) is 6.10. The van der Waals surface area contributed by atoms with Gasteiger partial charge in [-0.05, 0) is 35.6 Å². The zero-order valence-electron chi connectivity index (χ0n) is 16.6. The fraction of sp³-hybridized carbons (Fsp3) is 0.391. The Labute approximate surface area is 170 Å². The van der Waals surface area contributed by atoms with Crippen molar-refractivity contribution in [2.75, 3.05) is 26.9 Å². The minimum atomic E-state index is -0.902. The molecular formula is C23H25NO5. The first kappa shape index (κ1) is 19.5. The van der Waals surface area contributed by atoms with Gasteiger partial charge in [-0.1, -0.05) is 48.5 Å². The third-order valence-corrected chi connectivity index (χ3v) is 6.10. The second kappa shape index (κ2) is 7.52. The molecular weight excluding hydrogens is 370 g/mol. The summed E-state index contributed by atoms with van der Waals surface area (Å²) in [4.78, 5) is 25.9. The second-order valence-electron chi connectivity index (χ2n) is 8.08. The molecule has 1 N–H and O–H groups in total. The van der Waals surface area contributed by atoms with Crippen molar-refractivity contribution in [3.05, 3.63) is 59.7 Å². The number of benzene rings is 2. The van der Waals surface area contributed by atoms with Crippen LogP contribution in [0.5, 0.6) is 0 Å². The molecule has 1 amide bonds. The van der Waals surface area contributed by atoms with E-state index in [9.17, 15) is 14.7 Å². The Bertz CT molecular complexity index is 897. The van der Waals surface area contributed by atoms with Crippen molar-refractivity contribution in [3.63, 3.8) is 0 Å². The summed E-state index contributed by atoms with van der Waals surface area (Å²) in [6, 6.07) is 16.3. The average Bonchev–Trinajstić information content (AvgIpc) is 3.22. The first-order chi connectivity index (χ1) is 13.9. The van der Waals surface area contributed by atoms with Gasteiger partial charge in [0.2, 0.25) is 0 Å². The van der Waals surface area contributed by atoms with Gasteiger partial charge in [0.1, 0.15) is 6.61 Å². The molecule has 4 rings (SSSR count). The van der Waals surface area contributed by atoms with Gasteiger partial charge >= 0.3 is 12.1 Å². The number of carboxylic acid groups (broad SMARTS) is 1. The van der Waals surface area contributed by atoms with Crippen LogP contribution in [0.2, 0.25) is 0 Å². The van der Waals surface area contributed by atoms with E-state index < -0.39 is 23.5 Å². The molecule has 0 saturated carbocycles. The van der Waals surface area contributed by atoms with Gasteiger partial charge in [0.25, 0.3) is 0 Å². The molecule has 0 spiro atoms. The van der Waals surface area contributed by atoms with Crippen LogP contribution in [0.4, 0.5) is 4.79 Å². The fourth-order valence-corrected chi connectivity index (χ4v) is 4.73. The molecule has 0 bridgehead atoms. The average molecular weight is 395 g/mol. The number of likely N-dealkylation sites (tertiary alicyclic amines) is 1. The second-order valence-corrected chi connectivity index (χ2v) is 8.08. The number of methoxy groups -OCH3 is 1. The van der Waals surface area contributed by atoms with Crippen molar-refractivity contribution in [1.82, 2.24) is 4.90 Å². The summed E-state index contributed by atoms with van der Waals surface area (Å²) in [6.45, 7) is 2.46. The van der Waals surface area contributed by atoms with E-state index in [-0.39, 0.29) is 25.7 Å². The smallest absolute Gasteiger partial charge is 0.410 e. The van der Waals surface area contributed by atoms with E-state index in [0.717, 1.165) is 11.1 Å². The third kappa shape index (κ3) is 3.38. The molecule has 0 radical (unpaired) electrons. The lowest BCUT2D eigenvalue weighted by atomic mass is 9.95. The van der Waals surface area contributed by atoms with Crippen LogP contribution in [0.15, 0.2) is 48.5 Å². The van der Waals surface area contributed by atoms with Crippen molar-refractivity contribution >= 4 is 12.1 Å². The SMILES string of the molecule is COCC1(C)CC(C(=O)O)CN1C(=O)OCC1c2ccccc2-c2ccccc21. The van der Waals surface area contributed by atoms with Gasteiger partial charge in [-0.3, -0.25) is 9.69 Å². The molecule has 2 atom stereocenters. The summed E-state index contributed by atoms with van der Waals surface area (Å²) in [5.41, 5.74) is 3.93. The molecule has 2 aromatic rings. The van der Waals surface area contributed by atoms with Gasteiger partial charge in [0.15, 0.2) is 0 Å². The number of carbonyl (C=O) groups excluding carboxylic acids is 1. The maximum Gasteiger partial charge on any atom is 0.410 e. The topological polar surface area (TPSA) is 76.1 Å². The monoisotopic (exact) mass is 395 g/mol. The van der Waals surface area contributed by atoms with Crippen LogP contribution in [-0.4, -0.2) is 54.5 Å². The predicted octanol–water partition coefficient (Wildman–Crippen LogP) is 3.75. The maximum absolute atomic E-state index is 12.9. The normalized spacial score (nSPS) is 23.0. The Morgan fingerprint density at radius 3 is 2.24 bits per heavy atom. The highest BCUT2D eigenvalue weighted by molar-refractivity contribution is 5.79. The highest BCUT2D eigenvalue weighted by atomic mass is 16.6. The molecule has 1 saturated heterocycles. The largest absolute Gasteiger partial charge is 0.481 e. The van der Waals surface area contributed by atoms with E-state index in [4.69, 9.17) is 9.47 Å². The fourth-order valence-electron chi connectivity index (χ4n) is 4.73. The van der Waals surface area contributed by atoms with Crippen LogP contribution in [0.1, 0.15) is 30.4 Å². The quantitative estimate of drug-likeness (QED) is 0.835. The number of hydrogen-bond donors (Lipinski definition) is 1. The molecule has 1 aliphatic heterocycles. The van der Waals surface area contributed by atoms with Crippen LogP contribution in [-0.2, 0) is 14.3 Å². The first-order valence-electron chi connectivity index (χ1n) is 9.79. The van der Waals surface area contributed by atoms with E-state index in [2.05, 4.69) is 24.3 Å². The molecule has 152 valence electrons. The molecule has 2 aliphatic rings. The highest BCUT2D eigenvalue weighted by Crippen LogP contribution is 2.44. The van der Waals surface area contributed by atoms with Gasteiger partial charge < -0.3 is 14.6 Å². The number of carboxylic acids is 1. The van der Waals surface area contributed by atoms with Crippen LogP contribution < -0.4 is 0 Å². The minimum Gasteiger partial charge on any atom is -0.481 e. The van der Waals surface area contributed by atoms with Gasteiger partial charge in [-0.25, -0.2) is 4.79 Å². The van der Waals surface area contributed by atoms with Gasteiger partial charge in [0, 0.05) is 19.6 Å². The molecule has 2 unspecified atom stereocenters. The van der Waals surface area contributed by atoms with E-state index in [1.807, 2.05) is 31.2 Å². The first-order valence-corrected chi connectivity index (χ1v) is 9.79. The zero-order valence-corrected chi connectivity index (χ0v) is 16.6. The van der Waals surface area contributed by atoms with E-state index in [0.29, 0.717) is 6.42 Å². The summed E-state index contributed by atoms with van der Waals surface area (Å²) >= 11 is 0. The summed E-state index contributed by atoms with van der Waals surface area (Å²) in [5.74, 6) is -1.55. The number of nitrogens with zero attached hydrogens (tertiary/aromatic N) is 1. The zero-order chi connectivity index (χ0) is 20.6. The van der Waals surface area contributed by atoms with E-state index in [1.54, 1.807) is 7.11 Å². The number of carbonyl (C=O) groups is 2. The Morgan fingerprint density at radius 2 is 1.69 bits per heavy atom. The van der Waals surface area contributed by atoms with Crippen molar-refractivity contribution in [2.45, 2.75) is 24.8 Å². The van der Waals surface area contributed by atoms with Gasteiger partial charge in [0.05, 0.1) is 18.1 Å². The van der Waals surface area contributed by atoms with Crippen LogP contribution in [0, 0.1) is 5.92 Å². The lowest BCUT2D eigenvalue weighted by Gasteiger charge is -2.33. The Morgan fingerprint density at radius 1 is 1.10 bits per heavy atom. The maximum atomic E-state index is 12.9. The Hall–Kier alpha value is -2.86. The van der Waals surface area contributed by atoms with Crippen LogP contribution >= 0.6 is 0 Å². The lowest BCUT2D eigenvalue weighted by molar-refractivity contribution is -0.141. The summed E-state index contributed by atoms with van der Waals surface area (Å²) in [7, 11) is 1.55. The Balaban J connectivity index is 1.53. The van der Waals surface area contributed by atoms with E-state index >= 15 is 0 Å². The van der Waals surface area contributed by atoms with Gasteiger partial charge in [-0.2, -0.15) is 0 Å². The minimum absolute atomic E-state index is 0.0297. The van der Waals surface area contributed by atoms with Gasteiger partial charge in [-0.15, -0.1) is 0 Å². The molecule has 1 fully saturated rings. The van der Waals surface area contributed by atoms with Crippen LogP contribution in [0.25, 0.3) is 11.1 Å². The molecule has 0 aromatic heterocycles. The molecule has 6 nitrogen and oxygen atoms in total. The number of aliphatic carboxylic acids is 1. The summed E-state index contributed by atoms with van der Waals surface area (Å²) in [6.07, 6.45) is -0.143. The van der Waals surface area contributed by atoms with Crippen molar-refractivity contribution in [3.8, 4) is 11.1 Å². The highest BCUT2D eigenvalue weighted by Gasteiger charge is 2.48. The number of amides is 1. The Kier molecular flexibility index (Phi) is 5.04. The number of ether oxygens (including phenoxy) is 2. The predicted molar refractivity (Wildman–Crippen MR) is 108 cm³/mol. The number of rotatable bonds is 5. The van der Waals surface area contributed by atoms with Crippen molar-refractivity contribution in [1.29, 1.82) is 0 Å². The molecule has 29 heavy (non-hydrogen) atoms. The number of hydrogen-bond acceptors (Lipinski definition) is 4. The van der Waals surface area contributed by atoms with Crippen LogP contribution in [0.3, 0.4) is 0 Å². The summed E-state index contributed by atoms with van der Waals surface area (Å²) < 4.78 is 11.0. The molecule has 1 heterocycles.